The molecule has 0 N–H and O–H groups in total. The van der Waals surface area contributed by atoms with Gasteiger partial charge < -0.3 is 9.47 Å². The fraction of sp³-hybridized carbons (Fsp3) is 0.667. The molecule has 0 aliphatic carbocycles. The number of aryl methyl sites for hydroxylation is 1. The summed E-state index contributed by atoms with van der Waals surface area (Å²) < 4.78 is 11.4. The number of ether oxygens (including phenoxy) is 2. The Labute approximate surface area is 114 Å². The Kier molecular flexibility index (Phi) is 3.56. The van der Waals surface area contributed by atoms with E-state index in [0.29, 0.717) is 0 Å². The summed E-state index contributed by atoms with van der Waals surface area (Å²) in [6.07, 6.45) is 2.41. The summed E-state index contributed by atoms with van der Waals surface area (Å²) in [6, 6.07) is 6.22. The van der Waals surface area contributed by atoms with Gasteiger partial charge in [-0.25, -0.2) is 0 Å². The first kappa shape index (κ1) is 13.0. The zero-order chi connectivity index (χ0) is 13.3. The fourth-order valence-corrected chi connectivity index (χ4v) is 3.22. The second kappa shape index (κ2) is 5.19. The Balaban J connectivity index is 1.60. The summed E-state index contributed by atoms with van der Waals surface area (Å²) in [6.45, 7) is 5.80. The molecule has 1 aromatic heterocycles. The van der Waals surface area contributed by atoms with E-state index in [1.807, 2.05) is 13.0 Å². The third kappa shape index (κ3) is 2.81. The Morgan fingerprint density at radius 2 is 2.42 bits per heavy atom. The van der Waals surface area contributed by atoms with E-state index in [0.717, 1.165) is 50.5 Å². The average molecular weight is 262 g/mol. The molecule has 0 radical (unpaired) electrons. The Bertz CT molecular complexity index is 452. The summed E-state index contributed by atoms with van der Waals surface area (Å²) in [4.78, 5) is 7.02. The van der Waals surface area contributed by atoms with E-state index >= 15 is 0 Å². The van der Waals surface area contributed by atoms with Crippen molar-refractivity contribution in [3.63, 3.8) is 0 Å². The molecule has 1 spiro atoms. The Hall–Kier alpha value is -0.970. The fourth-order valence-electron chi connectivity index (χ4n) is 3.22. The molecule has 0 bridgehead atoms. The SMILES string of the molecule is CO[C@H]1CO[C@@]2(CCN(Cc3cccc(C)n3)C2)C1. The zero-order valence-corrected chi connectivity index (χ0v) is 11.8. The first-order valence-electron chi connectivity index (χ1n) is 7.01. The quantitative estimate of drug-likeness (QED) is 0.831. The predicted octanol–water partition coefficient (Wildman–Crippen LogP) is 1.77. The van der Waals surface area contributed by atoms with E-state index in [1.54, 1.807) is 7.11 Å². The van der Waals surface area contributed by atoms with Crippen LogP contribution in [0.4, 0.5) is 0 Å². The van der Waals surface area contributed by atoms with Crippen LogP contribution in [0.2, 0.25) is 0 Å². The Morgan fingerprint density at radius 1 is 1.53 bits per heavy atom. The molecule has 3 rings (SSSR count). The van der Waals surface area contributed by atoms with Gasteiger partial charge in [0, 0.05) is 38.9 Å². The third-order valence-electron chi connectivity index (χ3n) is 4.24. The summed E-state index contributed by atoms with van der Waals surface area (Å²) in [5.74, 6) is 0. The van der Waals surface area contributed by atoms with Crippen LogP contribution in [0.3, 0.4) is 0 Å². The lowest BCUT2D eigenvalue weighted by Crippen LogP contribution is -2.33. The van der Waals surface area contributed by atoms with Gasteiger partial charge in [0.05, 0.1) is 24.0 Å². The van der Waals surface area contributed by atoms with E-state index in [4.69, 9.17) is 9.47 Å². The highest BCUT2D eigenvalue weighted by molar-refractivity contribution is 5.10. The van der Waals surface area contributed by atoms with Gasteiger partial charge in [0.1, 0.15) is 0 Å². The van der Waals surface area contributed by atoms with Crippen molar-refractivity contribution >= 4 is 0 Å². The number of aromatic nitrogens is 1. The normalized spacial score (nSPS) is 31.4. The molecule has 4 nitrogen and oxygen atoms in total. The summed E-state index contributed by atoms with van der Waals surface area (Å²) >= 11 is 0. The molecule has 0 amide bonds. The van der Waals surface area contributed by atoms with Crippen molar-refractivity contribution in [1.29, 1.82) is 0 Å². The molecule has 3 heterocycles. The lowest BCUT2D eigenvalue weighted by molar-refractivity contribution is 0.00627. The van der Waals surface area contributed by atoms with Gasteiger partial charge in [-0.05, 0) is 25.5 Å². The predicted molar refractivity (Wildman–Crippen MR) is 73.0 cm³/mol. The van der Waals surface area contributed by atoms with E-state index in [1.165, 1.54) is 0 Å². The molecule has 0 saturated carbocycles. The topological polar surface area (TPSA) is 34.6 Å². The van der Waals surface area contributed by atoms with Crippen LogP contribution in [-0.4, -0.2) is 48.4 Å². The summed E-state index contributed by atoms with van der Waals surface area (Å²) in [5.41, 5.74) is 2.27. The largest absolute Gasteiger partial charge is 0.379 e. The average Bonchev–Trinajstić information content (AvgIpc) is 2.97. The van der Waals surface area contributed by atoms with E-state index in [2.05, 4.69) is 22.0 Å². The van der Waals surface area contributed by atoms with E-state index in [-0.39, 0.29) is 11.7 Å². The van der Waals surface area contributed by atoms with Gasteiger partial charge in [-0.2, -0.15) is 0 Å². The molecule has 2 aliphatic rings. The van der Waals surface area contributed by atoms with Gasteiger partial charge >= 0.3 is 0 Å². The summed E-state index contributed by atoms with van der Waals surface area (Å²) in [5, 5.41) is 0. The molecule has 2 atom stereocenters. The van der Waals surface area contributed by atoms with Gasteiger partial charge in [0.15, 0.2) is 0 Å². The maximum atomic E-state index is 6.01. The molecular weight excluding hydrogens is 240 g/mol. The molecule has 1 aromatic rings. The van der Waals surface area contributed by atoms with Crippen molar-refractivity contribution in [2.24, 2.45) is 0 Å². The highest BCUT2D eigenvalue weighted by Crippen LogP contribution is 2.36. The molecule has 0 aromatic carbocycles. The number of rotatable bonds is 3. The zero-order valence-electron chi connectivity index (χ0n) is 11.8. The number of pyridine rings is 1. The van der Waals surface area contributed by atoms with Gasteiger partial charge in [-0.3, -0.25) is 9.88 Å². The number of nitrogens with zero attached hydrogens (tertiary/aromatic N) is 2. The molecule has 2 fully saturated rings. The number of hydrogen-bond acceptors (Lipinski definition) is 4. The van der Waals surface area contributed by atoms with Crippen molar-refractivity contribution in [2.75, 3.05) is 26.8 Å². The minimum Gasteiger partial charge on any atom is -0.379 e. The molecule has 19 heavy (non-hydrogen) atoms. The first-order chi connectivity index (χ1) is 9.19. The molecule has 2 aliphatic heterocycles. The summed E-state index contributed by atoms with van der Waals surface area (Å²) in [7, 11) is 1.77. The molecule has 104 valence electrons. The first-order valence-corrected chi connectivity index (χ1v) is 7.01. The van der Waals surface area contributed by atoms with E-state index < -0.39 is 0 Å². The van der Waals surface area contributed by atoms with E-state index in [9.17, 15) is 0 Å². The van der Waals surface area contributed by atoms with Gasteiger partial charge in [-0.15, -0.1) is 0 Å². The van der Waals surface area contributed by atoms with Crippen LogP contribution in [0.5, 0.6) is 0 Å². The van der Waals surface area contributed by atoms with Crippen LogP contribution in [0.15, 0.2) is 18.2 Å². The third-order valence-corrected chi connectivity index (χ3v) is 4.24. The minimum atomic E-state index is 0.0322. The smallest absolute Gasteiger partial charge is 0.0847 e. The standard InChI is InChI=1S/C15H22N2O2/c1-12-4-3-5-13(16-12)9-17-7-6-15(11-17)8-14(18-2)10-19-15/h3-5,14H,6-11H2,1-2H3/t14-,15+/m1/s1. The molecule has 4 heteroatoms. The number of methoxy groups -OCH3 is 1. The van der Waals surface area contributed by atoms with Crippen LogP contribution >= 0.6 is 0 Å². The van der Waals surface area contributed by atoms with Crippen LogP contribution in [0.1, 0.15) is 24.2 Å². The lowest BCUT2D eigenvalue weighted by Gasteiger charge is -2.23. The van der Waals surface area contributed by atoms with Crippen LogP contribution in [-0.2, 0) is 16.0 Å². The van der Waals surface area contributed by atoms with Crippen molar-refractivity contribution in [2.45, 2.75) is 38.0 Å². The van der Waals surface area contributed by atoms with Gasteiger partial charge in [-0.1, -0.05) is 6.07 Å². The minimum absolute atomic E-state index is 0.0322. The number of likely N-dealkylation sites (tertiary alicyclic amines) is 1. The highest BCUT2D eigenvalue weighted by Gasteiger charge is 2.45. The molecule has 2 saturated heterocycles. The second-order valence-corrected chi connectivity index (χ2v) is 5.79. The Morgan fingerprint density at radius 3 is 3.16 bits per heavy atom. The lowest BCUT2D eigenvalue weighted by atomic mass is 9.98. The second-order valence-electron chi connectivity index (χ2n) is 5.79. The molecule has 0 unspecified atom stereocenters. The van der Waals surface area contributed by atoms with Crippen LogP contribution < -0.4 is 0 Å². The van der Waals surface area contributed by atoms with Crippen LogP contribution in [0, 0.1) is 6.92 Å². The highest BCUT2D eigenvalue weighted by atomic mass is 16.6. The van der Waals surface area contributed by atoms with Crippen molar-refractivity contribution in [3.05, 3.63) is 29.6 Å². The molecular formula is C15H22N2O2. The number of hydrogen-bond donors (Lipinski definition) is 0. The maximum Gasteiger partial charge on any atom is 0.0847 e. The van der Waals surface area contributed by atoms with Gasteiger partial charge in [0.25, 0.3) is 0 Å². The van der Waals surface area contributed by atoms with Crippen LogP contribution in [0.25, 0.3) is 0 Å². The monoisotopic (exact) mass is 262 g/mol. The maximum absolute atomic E-state index is 6.01. The van der Waals surface area contributed by atoms with Gasteiger partial charge in [0.2, 0.25) is 0 Å². The van der Waals surface area contributed by atoms with Crippen molar-refractivity contribution in [3.8, 4) is 0 Å². The van der Waals surface area contributed by atoms with Crippen molar-refractivity contribution in [1.82, 2.24) is 9.88 Å². The van der Waals surface area contributed by atoms with Crippen molar-refractivity contribution < 1.29 is 9.47 Å².